The zero-order valence-corrected chi connectivity index (χ0v) is 4.99. The third kappa shape index (κ3) is 0.983. The summed E-state index contributed by atoms with van der Waals surface area (Å²) in [5.41, 5.74) is 0. The molecule has 0 aliphatic heterocycles. The van der Waals surface area contributed by atoms with Crippen LogP contribution in [0.4, 0.5) is 0 Å². The summed E-state index contributed by atoms with van der Waals surface area (Å²) in [5, 5.41) is 0.250. The monoisotopic (exact) mass is 115 g/mol. The lowest BCUT2D eigenvalue weighted by atomic mass is 10.1. The van der Waals surface area contributed by atoms with E-state index < -0.39 is 11.2 Å². The minimum absolute atomic E-state index is 0.250. The highest BCUT2D eigenvalue weighted by Gasteiger charge is 2.18. The molecule has 1 aliphatic carbocycles. The van der Waals surface area contributed by atoms with Crippen LogP contribution in [0.15, 0.2) is 6.08 Å². The van der Waals surface area contributed by atoms with E-state index in [0.717, 1.165) is 6.42 Å². The fourth-order valence-corrected chi connectivity index (χ4v) is 1.10. The topological polar surface area (TPSA) is 23.1 Å². The smallest absolute Gasteiger partial charge is 0.143 e. The highest BCUT2D eigenvalue weighted by molar-refractivity contribution is 7.91. The molecule has 0 amide bonds. The average Bonchev–Trinajstić information content (AvgIpc) is 1.23. The van der Waals surface area contributed by atoms with Crippen LogP contribution in [-0.2, 0) is 11.2 Å². The van der Waals surface area contributed by atoms with Gasteiger partial charge in [0.25, 0.3) is 0 Å². The average molecular weight is 115 g/mol. The molecule has 2 atom stereocenters. The quantitative estimate of drug-likeness (QED) is 0.456. The molecule has 0 aromatic heterocycles. The van der Waals surface area contributed by atoms with Crippen molar-refractivity contribution in [2.45, 2.75) is 11.7 Å². The van der Waals surface area contributed by atoms with Gasteiger partial charge >= 0.3 is 0 Å². The second kappa shape index (κ2) is 1.88. The van der Waals surface area contributed by atoms with Crippen molar-refractivity contribution in [1.82, 2.24) is 0 Å². The van der Waals surface area contributed by atoms with E-state index in [2.05, 4.69) is 6.08 Å². The van der Waals surface area contributed by atoms with Gasteiger partial charge in [0.05, 0.1) is 6.26 Å². The van der Waals surface area contributed by atoms with E-state index >= 15 is 0 Å². The third-order valence-corrected chi connectivity index (χ3v) is 2.17. The van der Waals surface area contributed by atoms with Crippen molar-refractivity contribution < 1.29 is 4.55 Å². The van der Waals surface area contributed by atoms with Gasteiger partial charge in [0.15, 0.2) is 0 Å². The van der Waals surface area contributed by atoms with Crippen LogP contribution in [-0.4, -0.2) is 16.1 Å². The van der Waals surface area contributed by atoms with Gasteiger partial charge in [-0.1, -0.05) is 6.08 Å². The molecule has 2 unspecified atom stereocenters. The molecule has 0 N–H and O–H groups in total. The van der Waals surface area contributed by atoms with Gasteiger partial charge in [-0.2, -0.15) is 0 Å². The highest BCUT2D eigenvalue weighted by atomic mass is 32.2. The molecule has 1 rings (SSSR count). The number of rotatable bonds is 1. The van der Waals surface area contributed by atoms with Crippen LogP contribution in [0, 0.1) is 6.08 Å². The molecule has 0 bridgehead atoms. The Morgan fingerprint density at radius 2 is 2.57 bits per heavy atom. The van der Waals surface area contributed by atoms with Crippen molar-refractivity contribution in [3.8, 4) is 0 Å². The first kappa shape index (κ1) is 5.19. The summed E-state index contributed by atoms with van der Waals surface area (Å²) in [6, 6.07) is 0. The fourth-order valence-electron chi connectivity index (χ4n) is 0.445. The number of allylic oxidation sites excluding steroid dienone is 1. The Kier molecular flexibility index (Phi) is 1.40. The van der Waals surface area contributed by atoms with Crippen molar-refractivity contribution >= 4 is 11.2 Å². The lowest BCUT2D eigenvalue weighted by Crippen LogP contribution is -2.22. The largest absolute Gasteiger partial charge is 0.616 e. The van der Waals surface area contributed by atoms with Crippen molar-refractivity contribution in [3.05, 3.63) is 12.2 Å². The zero-order valence-electron chi connectivity index (χ0n) is 4.18. The molecule has 0 aromatic rings. The maximum atomic E-state index is 10.5. The van der Waals surface area contributed by atoms with Gasteiger partial charge in [0, 0.05) is 12.5 Å². The third-order valence-electron chi connectivity index (χ3n) is 1.04. The van der Waals surface area contributed by atoms with Crippen molar-refractivity contribution in [3.63, 3.8) is 0 Å². The number of hydrogen-bond acceptors (Lipinski definition) is 1. The van der Waals surface area contributed by atoms with E-state index in [1.54, 1.807) is 6.26 Å². The van der Waals surface area contributed by atoms with Gasteiger partial charge in [-0.25, -0.2) is 0 Å². The minimum atomic E-state index is -0.666. The molecule has 39 valence electrons. The second-order valence-electron chi connectivity index (χ2n) is 1.59. The maximum Gasteiger partial charge on any atom is 0.143 e. The van der Waals surface area contributed by atoms with E-state index in [-0.39, 0.29) is 5.25 Å². The Morgan fingerprint density at radius 1 is 2.00 bits per heavy atom. The predicted octanol–water partition coefficient (Wildman–Crippen LogP) is 0.497. The Balaban J connectivity index is 2.29. The first-order valence-electron chi connectivity index (χ1n) is 2.20. The molecule has 0 spiro atoms. The molecule has 1 radical (unpaired) electrons. The van der Waals surface area contributed by atoms with Crippen LogP contribution in [0.5, 0.6) is 0 Å². The van der Waals surface area contributed by atoms with Crippen LogP contribution < -0.4 is 0 Å². The summed E-state index contributed by atoms with van der Waals surface area (Å²) < 4.78 is 10.5. The summed E-state index contributed by atoms with van der Waals surface area (Å²) in [6.07, 6.45) is 7.52. The van der Waals surface area contributed by atoms with Gasteiger partial charge in [-0.3, -0.25) is 0 Å². The van der Waals surface area contributed by atoms with Crippen molar-refractivity contribution in [2.24, 2.45) is 0 Å². The van der Waals surface area contributed by atoms with E-state index in [1.807, 2.05) is 6.08 Å². The van der Waals surface area contributed by atoms with Crippen LogP contribution in [0.25, 0.3) is 0 Å². The van der Waals surface area contributed by atoms with E-state index in [9.17, 15) is 4.55 Å². The molecular weight excluding hydrogens is 108 g/mol. The normalized spacial score (nSPS) is 32.0. The molecule has 2 heteroatoms. The van der Waals surface area contributed by atoms with E-state index in [4.69, 9.17) is 0 Å². The van der Waals surface area contributed by atoms with Crippen LogP contribution in [0.2, 0.25) is 0 Å². The lowest BCUT2D eigenvalue weighted by Gasteiger charge is -2.17. The Labute approximate surface area is 46.6 Å². The molecule has 0 heterocycles. The first-order chi connectivity index (χ1) is 3.30. The molecule has 0 saturated carbocycles. The standard InChI is InChI=1S/C5H7OS/c1-7(6)5-3-2-4-5/h2,5H,3H2,1H3. The van der Waals surface area contributed by atoms with Gasteiger partial charge in [-0.15, -0.1) is 0 Å². The van der Waals surface area contributed by atoms with Crippen molar-refractivity contribution in [2.75, 3.05) is 6.26 Å². The Bertz CT molecular complexity index is 88.1. The second-order valence-corrected chi connectivity index (χ2v) is 3.16. The van der Waals surface area contributed by atoms with Crippen LogP contribution in [0.3, 0.4) is 0 Å². The van der Waals surface area contributed by atoms with Gasteiger partial charge < -0.3 is 4.55 Å². The lowest BCUT2D eigenvalue weighted by molar-refractivity contribution is 0.588. The van der Waals surface area contributed by atoms with Gasteiger partial charge in [-0.05, 0) is 11.2 Å². The minimum Gasteiger partial charge on any atom is -0.616 e. The SMILES string of the molecule is C[S+]([O-])C1[C]=CC1. The first-order valence-corrected chi connectivity index (χ1v) is 3.83. The zero-order chi connectivity index (χ0) is 5.28. The molecule has 1 nitrogen and oxygen atoms in total. The van der Waals surface area contributed by atoms with Gasteiger partial charge in [0.2, 0.25) is 0 Å². The summed E-state index contributed by atoms with van der Waals surface area (Å²) >= 11 is -0.666. The summed E-state index contributed by atoms with van der Waals surface area (Å²) in [7, 11) is 0. The summed E-state index contributed by atoms with van der Waals surface area (Å²) in [4.78, 5) is 0. The Hall–Kier alpha value is 0.0500. The molecule has 0 fully saturated rings. The molecule has 1 aliphatic rings. The summed E-state index contributed by atoms with van der Waals surface area (Å²) in [6.45, 7) is 0. The van der Waals surface area contributed by atoms with Crippen LogP contribution in [0.1, 0.15) is 6.42 Å². The Morgan fingerprint density at radius 3 is 2.57 bits per heavy atom. The fraction of sp³-hybridized carbons (Fsp3) is 0.600. The summed E-state index contributed by atoms with van der Waals surface area (Å²) in [5.74, 6) is 0. The van der Waals surface area contributed by atoms with Crippen molar-refractivity contribution in [1.29, 1.82) is 0 Å². The van der Waals surface area contributed by atoms with Crippen LogP contribution >= 0.6 is 0 Å². The van der Waals surface area contributed by atoms with E-state index in [0.29, 0.717) is 0 Å². The highest BCUT2D eigenvalue weighted by Crippen LogP contribution is 2.14. The number of hydrogen-bond donors (Lipinski definition) is 0. The predicted molar refractivity (Wildman–Crippen MR) is 30.3 cm³/mol. The molecule has 7 heavy (non-hydrogen) atoms. The van der Waals surface area contributed by atoms with Gasteiger partial charge in [0.1, 0.15) is 5.25 Å². The molecule has 0 aromatic carbocycles. The molecular formula is C5H7OS. The molecule has 0 saturated heterocycles. The maximum absolute atomic E-state index is 10.5. The van der Waals surface area contributed by atoms with E-state index in [1.165, 1.54) is 0 Å².